The number of H-pyrrole nitrogens is 1. The van der Waals surface area contributed by atoms with E-state index in [1.165, 1.54) is 11.1 Å². The van der Waals surface area contributed by atoms with Gasteiger partial charge in [0.05, 0.1) is 11.9 Å². The summed E-state index contributed by atoms with van der Waals surface area (Å²) in [6.07, 6.45) is 6.28. The molecule has 0 bridgehead atoms. The van der Waals surface area contributed by atoms with Crippen molar-refractivity contribution >= 4 is 28.3 Å². The number of nitrogens with one attached hydrogen (secondary N) is 2. The Labute approximate surface area is 165 Å². The molecule has 0 saturated carbocycles. The number of fused-ring (bicyclic) bond motifs is 1. The van der Waals surface area contributed by atoms with E-state index in [-0.39, 0.29) is 5.78 Å². The summed E-state index contributed by atoms with van der Waals surface area (Å²) in [6.45, 7) is 6.36. The third-order valence-corrected chi connectivity index (χ3v) is 5.54. The van der Waals surface area contributed by atoms with E-state index >= 15 is 0 Å². The fraction of sp³-hybridized carbons (Fsp3) is 0.409. The van der Waals surface area contributed by atoms with Gasteiger partial charge in [0.2, 0.25) is 0 Å². The molecule has 3 heterocycles. The summed E-state index contributed by atoms with van der Waals surface area (Å²) >= 11 is 0. The van der Waals surface area contributed by atoms with Crippen LogP contribution in [0.1, 0.15) is 30.4 Å². The average Bonchev–Trinajstić information content (AvgIpc) is 3.18. The lowest BCUT2D eigenvalue weighted by Gasteiger charge is -2.33. The summed E-state index contributed by atoms with van der Waals surface area (Å²) in [7, 11) is 0. The number of carbonyl (C=O) groups excluding carboxylic acids is 1. The van der Waals surface area contributed by atoms with Crippen LogP contribution in [0.5, 0.6) is 0 Å². The van der Waals surface area contributed by atoms with E-state index in [1.807, 2.05) is 12.3 Å². The van der Waals surface area contributed by atoms with Gasteiger partial charge in [0.15, 0.2) is 5.78 Å². The van der Waals surface area contributed by atoms with Crippen LogP contribution in [0.25, 0.3) is 11.0 Å². The van der Waals surface area contributed by atoms with Crippen LogP contribution in [0.4, 0.5) is 11.5 Å². The van der Waals surface area contributed by atoms with E-state index in [2.05, 4.69) is 57.2 Å². The van der Waals surface area contributed by atoms with Crippen LogP contribution < -0.4 is 10.2 Å². The molecule has 28 heavy (non-hydrogen) atoms. The highest BCUT2D eigenvalue weighted by Gasteiger charge is 2.24. The Bertz CT molecular complexity index is 980. The highest BCUT2D eigenvalue weighted by Crippen LogP contribution is 2.28. The number of hydrogen-bond acceptors (Lipinski definition) is 5. The van der Waals surface area contributed by atoms with Crippen molar-refractivity contribution in [2.24, 2.45) is 5.92 Å². The van der Waals surface area contributed by atoms with E-state index < -0.39 is 0 Å². The molecule has 0 spiro atoms. The molecule has 6 heteroatoms. The van der Waals surface area contributed by atoms with Crippen LogP contribution in [-0.4, -0.2) is 40.4 Å². The van der Waals surface area contributed by atoms with Crippen molar-refractivity contribution in [3.05, 3.63) is 47.9 Å². The number of carbonyl (C=O) groups is 1. The van der Waals surface area contributed by atoms with Crippen molar-refractivity contribution in [3.8, 4) is 0 Å². The summed E-state index contributed by atoms with van der Waals surface area (Å²) in [6, 6.07) is 8.30. The zero-order valence-electron chi connectivity index (χ0n) is 16.5. The number of anilines is 2. The van der Waals surface area contributed by atoms with Gasteiger partial charge in [-0.2, -0.15) is 0 Å². The first kappa shape index (κ1) is 18.5. The molecule has 1 atom stereocenters. The third-order valence-electron chi connectivity index (χ3n) is 5.54. The van der Waals surface area contributed by atoms with E-state index in [0.29, 0.717) is 18.9 Å². The van der Waals surface area contributed by atoms with Crippen LogP contribution in [0.3, 0.4) is 0 Å². The normalized spacial score (nSPS) is 17.1. The van der Waals surface area contributed by atoms with Gasteiger partial charge < -0.3 is 15.2 Å². The zero-order valence-corrected chi connectivity index (χ0v) is 16.5. The molecule has 3 aromatic rings. The van der Waals surface area contributed by atoms with Gasteiger partial charge >= 0.3 is 0 Å². The van der Waals surface area contributed by atoms with Crippen molar-refractivity contribution in [2.45, 2.75) is 33.1 Å². The lowest BCUT2D eigenvalue weighted by molar-refractivity contribution is -0.118. The number of aromatic amines is 1. The highest BCUT2D eigenvalue weighted by atomic mass is 16.1. The zero-order chi connectivity index (χ0) is 19.5. The number of aromatic nitrogens is 3. The molecule has 146 valence electrons. The van der Waals surface area contributed by atoms with Gasteiger partial charge in [0.1, 0.15) is 17.8 Å². The standard InChI is InChI=1S/C22H27N5O/c1-15-5-6-16(2)20(10-15)24-12-18(28)11-17-4-3-9-27(13-17)22-19-7-8-23-21(19)25-14-26-22/h5-8,10,14,17,24H,3-4,9,11-13H2,1-2H3,(H,23,25,26)/t17-/m0/s1. The second kappa shape index (κ2) is 8.00. The minimum atomic E-state index is 0.266. The molecule has 0 unspecified atom stereocenters. The van der Waals surface area contributed by atoms with Gasteiger partial charge in [0, 0.05) is 31.4 Å². The van der Waals surface area contributed by atoms with E-state index in [1.54, 1.807) is 6.33 Å². The van der Waals surface area contributed by atoms with Gasteiger partial charge in [-0.15, -0.1) is 0 Å². The Morgan fingerprint density at radius 3 is 3.07 bits per heavy atom. The Hall–Kier alpha value is -2.89. The van der Waals surface area contributed by atoms with E-state index in [0.717, 1.165) is 48.5 Å². The van der Waals surface area contributed by atoms with Gasteiger partial charge in [-0.1, -0.05) is 12.1 Å². The molecule has 1 aromatic carbocycles. The number of nitrogens with zero attached hydrogens (tertiary/aromatic N) is 3. The summed E-state index contributed by atoms with van der Waals surface area (Å²) < 4.78 is 0. The topological polar surface area (TPSA) is 73.9 Å². The lowest BCUT2D eigenvalue weighted by Crippen LogP contribution is -2.37. The summed E-state index contributed by atoms with van der Waals surface area (Å²) in [5.74, 6) is 1.60. The van der Waals surface area contributed by atoms with Crippen molar-refractivity contribution in [1.29, 1.82) is 0 Å². The van der Waals surface area contributed by atoms with Crippen LogP contribution >= 0.6 is 0 Å². The summed E-state index contributed by atoms with van der Waals surface area (Å²) in [5.41, 5.74) is 4.28. The molecule has 0 amide bonds. The Kier molecular flexibility index (Phi) is 5.28. The number of aryl methyl sites for hydroxylation is 2. The molecule has 1 aliphatic heterocycles. The lowest BCUT2D eigenvalue weighted by atomic mass is 9.92. The molecule has 4 rings (SSSR count). The molecule has 1 saturated heterocycles. The first-order valence-corrected chi connectivity index (χ1v) is 9.96. The quantitative estimate of drug-likeness (QED) is 0.682. The fourth-order valence-electron chi connectivity index (χ4n) is 4.05. The van der Waals surface area contributed by atoms with Crippen LogP contribution in [-0.2, 0) is 4.79 Å². The van der Waals surface area contributed by atoms with Crippen molar-refractivity contribution in [2.75, 3.05) is 29.9 Å². The maximum atomic E-state index is 12.6. The number of ketones is 1. The minimum Gasteiger partial charge on any atom is -0.378 e. The molecule has 2 aromatic heterocycles. The average molecular weight is 377 g/mol. The van der Waals surface area contributed by atoms with Crippen LogP contribution in [0.15, 0.2) is 36.8 Å². The Balaban J connectivity index is 1.36. The van der Waals surface area contributed by atoms with E-state index in [4.69, 9.17) is 0 Å². The second-order valence-corrected chi connectivity index (χ2v) is 7.81. The minimum absolute atomic E-state index is 0.266. The molecule has 0 aliphatic carbocycles. The fourth-order valence-corrected chi connectivity index (χ4v) is 4.05. The first-order chi connectivity index (χ1) is 13.6. The summed E-state index contributed by atoms with van der Waals surface area (Å²) in [5, 5.41) is 4.37. The Morgan fingerprint density at radius 2 is 2.18 bits per heavy atom. The molecular formula is C22H27N5O. The Morgan fingerprint density at radius 1 is 1.29 bits per heavy atom. The smallest absolute Gasteiger partial charge is 0.152 e. The van der Waals surface area contributed by atoms with Crippen molar-refractivity contribution in [1.82, 2.24) is 15.0 Å². The van der Waals surface area contributed by atoms with Crippen molar-refractivity contribution in [3.63, 3.8) is 0 Å². The monoisotopic (exact) mass is 377 g/mol. The first-order valence-electron chi connectivity index (χ1n) is 9.96. The number of benzene rings is 1. The highest BCUT2D eigenvalue weighted by molar-refractivity contribution is 5.87. The largest absolute Gasteiger partial charge is 0.378 e. The van der Waals surface area contributed by atoms with Crippen molar-refractivity contribution < 1.29 is 4.79 Å². The molecule has 6 nitrogen and oxygen atoms in total. The molecular weight excluding hydrogens is 350 g/mol. The number of hydrogen-bond donors (Lipinski definition) is 2. The SMILES string of the molecule is Cc1ccc(C)c(NCC(=O)C[C@@H]2CCCN(c3ncnc4[nH]ccc34)C2)c1. The van der Waals surface area contributed by atoms with Gasteiger partial charge in [-0.3, -0.25) is 4.79 Å². The van der Waals surface area contributed by atoms with Gasteiger partial charge in [-0.25, -0.2) is 9.97 Å². The predicted molar refractivity (Wildman–Crippen MR) is 113 cm³/mol. The van der Waals surface area contributed by atoms with Gasteiger partial charge in [-0.05, 0) is 55.9 Å². The van der Waals surface area contributed by atoms with E-state index in [9.17, 15) is 4.79 Å². The molecule has 0 radical (unpaired) electrons. The van der Waals surface area contributed by atoms with Gasteiger partial charge in [0.25, 0.3) is 0 Å². The molecule has 2 N–H and O–H groups in total. The molecule has 1 fully saturated rings. The second-order valence-electron chi connectivity index (χ2n) is 7.81. The number of piperidine rings is 1. The third kappa shape index (κ3) is 4.01. The number of rotatable bonds is 6. The maximum absolute atomic E-state index is 12.6. The van der Waals surface area contributed by atoms with Crippen LogP contribution in [0.2, 0.25) is 0 Å². The summed E-state index contributed by atoms with van der Waals surface area (Å²) in [4.78, 5) is 26.8. The van der Waals surface area contributed by atoms with Crippen LogP contribution in [0, 0.1) is 19.8 Å². The number of Topliss-reactive ketones (excluding diaryl/α,β-unsaturated/α-hetero) is 1. The maximum Gasteiger partial charge on any atom is 0.152 e. The predicted octanol–water partition coefficient (Wildman–Crippen LogP) is 3.86. The molecule has 1 aliphatic rings.